The van der Waals surface area contributed by atoms with E-state index < -0.39 is 21.9 Å². The number of hydrogen-bond donors (Lipinski definition) is 1. The molecule has 0 saturated heterocycles. The predicted octanol–water partition coefficient (Wildman–Crippen LogP) is 4.78. The van der Waals surface area contributed by atoms with Crippen molar-refractivity contribution in [2.45, 2.75) is 17.9 Å². The molecule has 0 bridgehead atoms. The third kappa shape index (κ3) is 4.41. The highest BCUT2D eigenvalue weighted by Crippen LogP contribution is 2.39. The number of nitrogens with zero attached hydrogens (tertiary/aromatic N) is 2. The Kier molecular flexibility index (Phi) is 6.08. The van der Waals surface area contributed by atoms with Crippen LogP contribution in [-0.2, 0) is 14.6 Å². The van der Waals surface area contributed by atoms with Crippen molar-refractivity contribution < 1.29 is 27.8 Å². The van der Waals surface area contributed by atoms with Crippen LogP contribution in [-0.4, -0.2) is 42.4 Å². The molecule has 0 amide bonds. The molecule has 0 saturated carbocycles. The zero-order chi connectivity index (χ0) is 23.9. The maximum atomic E-state index is 12.4. The number of carbonyl (C=O) groups excluding carboxylic acids is 1. The van der Waals surface area contributed by atoms with E-state index in [1.165, 1.54) is 25.3 Å². The van der Waals surface area contributed by atoms with Crippen molar-refractivity contribution in [2.75, 3.05) is 13.4 Å². The fourth-order valence-electron chi connectivity index (χ4n) is 3.31. The highest BCUT2D eigenvalue weighted by atomic mass is 35.5. The maximum Gasteiger partial charge on any atom is 0.351 e. The summed E-state index contributed by atoms with van der Waals surface area (Å²) >= 11 is 7.35. The molecule has 0 aliphatic carbocycles. The Balaban J connectivity index is 1.76. The van der Waals surface area contributed by atoms with Gasteiger partial charge in [0.05, 0.1) is 28.1 Å². The van der Waals surface area contributed by atoms with Crippen LogP contribution in [0.2, 0.25) is 5.02 Å². The third-order valence-corrected chi connectivity index (χ3v) is 7.61. The second kappa shape index (κ2) is 8.69. The van der Waals surface area contributed by atoms with Crippen molar-refractivity contribution in [3.63, 3.8) is 0 Å². The van der Waals surface area contributed by atoms with Crippen LogP contribution in [0, 0.1) is 0 Å². The number of ether oxygens (including phenoxy) is 2. The monoisotopic (exact) mass is 506 g/mol. The third-order valence-electron chi connectivity index (χ3n) is 4.99. The molecule has 0 aliphatic rings. The standard InChI is InChI=1S/C22H19ClN2O6S2/c1-12(14-5-4-6-17(26)20(14)23)31-18-10-19(32-21(18)22(27)30-2)25-11-24-15-9-13(33(3,28)29)7-8-16(15)25/h4-12,26H,1-3H3/t12-/m1/s1. The molecule has 4 rings (SSSR count). The minimum atomic E-state index is -3.37. The number of thiophene rings is 1. The number of hydrogen-bond acceptors (Lipinski definition) is 8. The molecule has 0 aliphatic heterocycles. The first-order valence-electron chi connectivity index (χ1n) is 9.64. The van der Waals surface area contributed by atoms with Gasteiger partial charge in [-0.2, -0.15) is 0 Å². The predicted molar refractivity (Wildman–Crippen MR) is 126 cm³/mol. The van der Waals surface area contributed by atoms with Gasteiger partial charge >= 0.3 is 5.97 Å². The molecule has 11 heteroatoms. The average molecular weight is 507 g/mol. The van der Waals surface area contributed by atoms with Crippen molar-refractivity contribution in [3.8, 4) is 16.5 Å². The van der Waals surface area contributed by atoms with Crippen LogP contribution in [0.25, 0.3) is 16.0 Å². The van der Waals surface area contributed by atoms with E-state index in [1.807, 2.05) is 0 Å². The summed E-state index contributed by atoms with van der Waals surface area (Å²) in [5.74, 6) is -0.357. The van der Waals surface area contributed by atoms with Crippen LogP contribution in [0.5, 0.6) is 11.5 Å². The van der Waals surface area contributed by atoms with Crippen LogP contribution in [0.1, 0.15) is 28.3 Å². The lowest BCUT2D eigenvalue weighted by atomic mass is 10.1. The molecule has 0 fully saturated rings. The van der Waals surface area contributed by atoms with Gasteiger partial charge in [-0.3, -0.25) is 4.57 Å². The zero-order valence-corrected chi connectivity index (χ0v) is 20.2. The van der Waals surface area contributed by atoms with Crippen LogP contribution in [0.4, 0.5) is 0 Å². The molecule has 4 aromatic rings. The van der Waals surface area contributed by atoms with Crippen molar-refractivity contribution in [2.24, 2.45) is 0 Å². The van der Waals surface area contributed by atoms with Gasteiger partial charge in [0.1, 0.15) is 28.9 Å². The number of rotatable bonds is 6. The van der Waals surface area contributed by atoms with Crippen molar-refractivity contribution in [1.82, 2.24) is 9.55 Å². The molecule has 1 atom stereocenters. The number of imidazole rings is 1. The van der Waals surface area contributed by atoms with Gasteiger partial charge in [0.2, 0.25) is 0 Å². The van der Waals surface area contributed by atoms with E-state index in [-0.39, 0.29) is 26.3 Å². The summed E-state index contributed by atoms with van der Waals surface area (Å²) in [5.41, 5.74) is 1.71. The molecular formula is C22H19ClN2O6S2. The van der Waals surface area contributed by atoms with Gasteiger partial charge in [-0.1, -0.05) is 23.7 Å². The first-order valence-corrected chi connectivity index (χ1v) is 12.7. The number of esters is 1. The molecule has 172 valence electrons. The van der Waals surface area contributed by atoms with Crippen LogP contribution in [0.3, 0.4) is 0 Å². The largest absolute Gasteiger partial charge is 0.506 e. The Morgan fingerprint density at radius 3 is 2.70 bits per heavy atom. The molecule has 2 heterocycles. The smallest absolute Gasteiger partial charge is 0.351 e. The number of methoxy groups -OCH3 is 1. The number of fused-ring (bicyclic) bond motifs is 1. The highest BCUT2D eigenvalue weighted by molar-refractivity contribution is 7.90. The summed E-state index contributed by atoms with van der Waals surface area (Å²) in [6.07, 6.45) is 2.10. The summed E-state index contributed by atoms with van der Waals surface area (Å²) < 4.78 is 36.4. The van der Waals surface area contributed by atoms with E-state index in [2.05, 4.69) is 4.98 Å². The fourth-order valence-corrected chi connectivity index (χ4v) is 5.22. The van der Waals surface area contributed by atoms with Gasteiger partial charge in [-0.25, -0.2) is 18.2 Å². The molecule has 8 nitrogen and oxygen atoms in total. The molecule has 0 unspecified atom stereocenters. The Hall–Kier alpha value is -3.08. The van der Waals surface area contributed by atoms with Gasteiger partial charge in [-0.05, 0) is 31.2 Å². The van der Waals surface area contributed by atoms with E-state index >= 15 is 0 Å². The van der Waals surface area contributed by atoms with Crippen molar-refractivity contribution in [1.29, 1.82) is 0 Å². The summed E-state index contributed by atoms with van der Waals surface area (Å²) in [6.45, 7) is 1.75. The number of benzene rings is 2. The minimum absolute atomic E-state index is 0.0674. The Labute approximate surface area is 198 Å². The van der Waals surface area contributed by atoms with E-state index in [9.17, 15) is 18.3 Å². The molecule has 2 aromatic carbocycles. The zero-order valence-electron chi connectivity index (χ0n) is 17.8. The molecule has 33 heavy (non-hydrogen) atoms. The van der Waals surface area contributed by atoms with E-state index in [0.29, 0.717) is 21.6 Å². The lowest BCUT2D eigenvalue weighted by Gasteiger charge is -2.16. The molecule has 2 aromatic heterocycles. The maximum absolute atomic E-state index is 12.4. The first-order chi connectivity index (χ1) is 15.6. The molecule has 0 radical (unpaired) electrons. The Morgan fingerprint density at radius 2 is 2.00 bits per heavy atom. The number of aromatic nitrogens is 2. The summed E-state index contributed by atoms with van der Waals surface area (Å²) in [4.78, 5) is 17.1. The van der Waals surface area contributed by atoms with Crippen molar-refractivity contribution >= 4 is 49.8 Å². The van der Waals surface area contributed by atoms with Gasteiger partial charge in [0, 0.05) is 17.9 Å². The minimum Gasteiger partial charge on any atom is -0.506 e. The topological polar surface area (TPSA) is 108 Å². The second-order valence-corrected chi connectivity index (χ2v) is 10.7. The van der Waals surface area contributed by atoms with Crippen LogP contribution in [0.15, 0.2) is 53.7 Å². The lowest BCUT2D eigenvalue weighted by molar-refractivity contribution is 0.0600. The number of aromatic hydroxyl groups is 1. The summed E-state index contributed by atoms with van der Waals surface area (Å²) in [5, 5.41) is 10.7. The van der Waals surface area contributed by atoms with E-state index in [1.54, 1.807) is 42.1 Å². The fraction of sp³-hybridized carbons (Fsp3) is 0.182. The van der Waals surface area contributed by atoms with Crippen LogP contribution >= 0.6 is 22.9 Å². The lowest BCUT2D eigenvalue weighted by Crippen LogP contribution is -2.07. The number of sulfone groups is 1. The summed E-state index contributed by atoms with van der Waals surface area (Å²) in [6, 6.07) is 11.2. The number of phenols is 1. The molecule has 1 N–H and O–H groups in total. The molecule has 0 spiro atoms. The van der Waals surface area contributed by atoms with Gasteiger partial charge in [-0.15, -0.1) is 11.3 Å². The first kappa shape index (κ1) is 23.1. The Bertz CT molecular complexity index is 1480. The quantitative estimate of drug-likeness (QED) is 0.375. The van der Waals surface area contributed by atoms with Crippen LogP contribution < -0.4 is 4.74 Å². The molecular weight excluding hydrogens is 488 g/mol. The van der Waals surface area contributed by atoms with Gasteiger partial charge in [0.15, 0.2) is 14.7 Å². The second-order valence-electron chi connectivity index (χ2n) is 7.25. The number of halogens is 1. The Morgan fingerprint density at radius 1 is 1.24 bits per heavy atom. The normalized spacial score (nSPS) is 12.6. The average Bonchev–Trinajstić information content (AvgIpc) is 3.38. The number of carbonyl (C=O) groups is 1. The van der Waals surface area contributed by atoms with Crippen molar-refractivity contribution in [3.05, 3.63) is 64.3 Å². The SMILES string of the molecule is COC(=O)c1sc(-n2cnc3cc(S(C)(=O)=O)ccc32)cc1O[C@H](C)c1cccc(O)c1Cl. The highest BCUT2D eigenvalue weighted by Gasteiger charge is 2.23. The van der Waals surface area contributed by atoms with E-state index in [4.69, 9.17) is 21.1 Å². The van der Waals surface area contributed by atoms with Gasteiger partial charge < -0.3 is 14.6 Å². The number of phenolic OH excluding ortho intramolecular Hbond substituents is 1. The van der Waals surface area contributed by atoms with Gasteiger partial charge in [0.25, 0.3) is 0 Å². The van der Waals surface area contributed by atoms with E-state index in [0.717, 1.165) is 17.6 Å². The summed E-state index contributed by atoms with van der Waals surface area (Å²) in [7, 11) is -2.09.